The molecule has 1 aliphatic carbocycles. The normalized spacial score (nSPS) is 22.3. The van der Waals surface area contributed by atoms with Crippen LogP contribution in [0.2, 0.25) is 0 Å². The van der Waals surface area contributed by atoms with Crippen LogP contribution in [0, 0.1) is 5.41 Å². The SMILES string of the molecule is CCC1(C)Cc2ccc(CC(=O)OC)cc2C1. The van der Waals surface area contributed by atoms with E-state index in [2.05, 4.69) is 32.0 Å². The van der Waals surface area contributed by atoms with Crippen LogP contribution in [0.4, 0.5) is 0 Å². The lowest BCUT2D eigenvalue weighted by Crippen LogP contribution is -2.14. The second-order valence-corrected chi connectivity index (χ2v) is 5.37. The smallest absolute Gasteiger partial charge is 0.309 e. The Hall–Kier alpha value is -1.31. The van der Waals surface area contributed by atoms with E-state index >= 15 is 0 Å². The summed E-state index contributed by atoms with van der Waals surface area (Å²) >= 11 is 0. The van der Waals surface area contributed by atoms with Crippen LogP contribution in [0.15, 0.2) is 18.2 Å². The van der Waals surface area contributed by atoms with Crippen LogP contribution < -0.4 is 0 Å². The summed E-state index contributed by atoms with van der Waals surface area (Å²) in [6.07, 6.45) is 3.88. The molecule has 1 atom stereocenters. The van der Waals surface area contributed by atoms with Gasteiger partial charge in [-0.25, -0.2) is 0 Å². The Labute approximate surface area is 103 Å². The third kappa shape index (κ3) is 2.51. The summed E-state index contributed by atoms with van der Waals surface area (Å²) in [4.78, 5) is 11.2. The first-order chi connectivity index (χ1) is 8.06. The maximum absolute atomic E-state index is 11.2. The van der Waals surface area contributed by atoms with Gasteiger partial charge in [-0.15, -0.1) is 0 Å². The minimum Gasteiger partial charge on any atom is -0.469 e. The highest BCUT2D eigenvalue weighted by Gasteiger charge is 2.31. The molecule has 1 unspecified atom stereocenters. The van der Waals surface area contributed by atoms with Crippen LogP contribution >= 0.6 is 0 Å². The van der Waals surface area contributed by atoms with Crippen molar-refractivity contribution in [3.8, 4) is 0 Å². The van der Waals surface area contributed by atoms with E-state index in [0.717, 1.165) is 18.4 Å². The fourth-order valence-corrected chi connectivity index (χ4v) is 2.60. The molecule has 0 aliphatic heterocycles. The standard InChI is InChI=1S/C15H20O2/c1-4-15(2)9-12-6-5-11(7-13(12)10-15)8-14(16)17-3/h5-7H,4,8-10H2,1-3H3. The molecule has 0 saturated carbocycles. The summed E-state index contributed by atoms with van der Waals surface area (Å²) < 4.78 is 4.70. The van der Waals surface area contributed by atoms with Gasteiger partial charge >= 0.3 is 5.97 Å². The molecule has 0 saturated heterocycles. The van der Waals surface area contributed by atoms with E-state index in [0.29, 0.717) is 11.8 Å². The van der Waals surface area contributed by atoms with Crippen molar-refractivity contribution < 1.29 is 9.53 Å². The Balaban J connectivity index is 2.18. The highest BCUT2D eigenvalue weighted by molar-refractivity contribution is 5.72. The van der Waals surface area contributed by atoms with Crippen molar-refractivity contribution in [3.05, 3.63) is 34.9 Å². The summed E-state index contributed by atoms with van der Waals surface area (Å²) in [6, 6.07) is 6.40. The number of ether oxygens (including phenoxy) is 1. The summed E-state index contributed by atoms with van der Waals surface area (Å²) in [7, 11) is 1.43. The third-order valence-corrected chi connectivity index (χ3v) is 3.93. The van der Waals surface area contributed by atoms with E-state index in [1.807, 2.05) is 0 Å². The van der Waals surface area contributed by atoms with Crippen LogP contribution in [0.5, 0.6) is 0 Å². The van der Waals surface area contributed by atoms with Crippen molar-refractivity contribution in [2.45, 2.75) is 39.5 Å². The molecule has 0 N–H and O–H groups in total. The zero-order valence-corrected chi connectivity index (χ0v) is 10.9. The third-order valence-electron chi connectivity index (χ3n) is 3.93. The van der Waals surface area contributed by atoms with Gasteiger partial charge in [-0.1, -0.05) is 38.5 Å². The Bertz CT molecular complexity index is 437. The molecule has 1 aromatic carbocycles. The van der Waals surface area contributed by atoms with Crippen molar-refractivity contribution >= 4 is 5.97 Å². The first kappa shape index (κ1) is 12.2. The van der Waals surface area contributed by atoms with E-state index in [1.165, 1.54) is 24.7 Å². The molecule has 0 amide bonds. The molecule has 0 aromatic heterocycles. The van der Waals surface area contributed by atoms with Crippen molar-refractivity contribution in [2.24, 2.45) is 5.41 Å². The lowest BCUT2D eigenvalue weighted by molar-refractivity contribution is -0.139. The fourth-order valence-electron chi connectivity index (χ4n) is 2.60. The van der Waals surface area contributed by atoms with Crippen LogP contribution in [0.3, 0.4) is 0 Å². The minimum absolute atomic E-state index is 0.166. The number of hydrogen-bond acceptors (Lipinski definition) is 2. The molecular weight excluding hydrogens is 212 g/mol. The molecule has 0 spiro atoms. The predicted molar refractivity (Wildman–Crippen MR) is 68.0 cm³/mol. The molecule has 1 aliphatic rings. The molecule has 92 valence electrons. The van der Waals surface area contributed by atoms with Crippen molar-refractivity contribution in [3.63, 3.8) is 0 Å². The second-order valence-electron chi connectivity index (χ2n) is 5.37. The Morgan fingerprint density at radius 2 is 2.06 bits per heavy atom. The maximum atomic E-state index is 11.2. The van der Waals surface area contributed by atoms with Crippen molar-refractivity contribution in [2.75, 3.05) is 7.11 Å². The van der Waals surface area contributed by atoms with E-state index in [-0.39, 0.29) is 5.97 Å². The summed E-state index contributed by atoms with van der Waals surface area (Å²) in [5.74, 6) is -0.166. The average Bonchev–Trinajstić information content (AvgIpc) is 2.65. The van der Waals surface area contributed by atoms with E-state index in [1.54, 1.807) is 0 Å². The van der Waals surface area contributed by atoms with Gasteiger partial charge in [0.15, 0.2) is 0 Å². The van der Waals surface area contributed by atoms with E-state index < -0.39 is 0 Å². The molecule has 2 rings (SSSR count). The quantitative estimate of drug-likeness (QED) is 0.749. The molecule has 2 heteroatoms. The Kier molecular flexibility index (Phi) is 3.23. The molecule has 1 aromatic rings. The largest absolute Gasteiger partial charge is 0.469 e. The molecule has 0 fully saturated rings. The van der Waals surface area contributed by atoms with Crippen LogP contribution in [0.25, 0.3) is 0 Å². The van der Waals surface area contributed by atoms with Gasteiger partial charge in [0.25, 0.3) is 0 Å². The van der Waals surface area contributed by atoms with Crippen LogP contribution in [-0.4, -0.2) is 13.1 Å². The first-order valence-corrected chi connectivity index (χ1v) is 6.24. The number of carbonyl (C=O) groups excluding carboxylic acids is 1. The number of fused-ring (bicyclic) bond motifs is 1. The van der Waals surface area contributed by atoms with Gasteiger partial charge in [0, 0.05) is 0 Å². The molecule has 2 nitrogen and oxygen atoms in total. The number of hydrogen-bond donors (Lipinski definition) is 0. The minimum atomic E-state index is -0.166. The van der Waals surface area contributed by atoms with E-state index in [4.69, 9.17) is 4.74 Å². The molecule has 0 bridgehead atoms. The van der Waals surface area contributed by atoms with Gasteiger partial charge in [-0.05, 0) is 34.9 Å². The number of benzene rings is 1. The number of esters is 1. The van der Waals surface area contributed by atoms with Gasteiger partial charge in [0.2, 0.25) is 0 Å². The van der Waals surface area contributed by atoms with E-state index in [9.17, 15) is 4.79 Å². The molecular formula is C15H20O2. The molecule has 17 heavy (non-hydrogen) atoms. The predicted octanol–water partition coefficient (Wildman–Crippen LogP) is 2.92. The summed E-state index contributed by atoms with van der Waals surface area (Å²) in [6.45, 7) is 4.59. The molecule has 0 heterocycles. The highest BCUT2D eigenvalue weighted by Crippen LogP contribution is 2.39. The Morgan fingerprint density at radius 1 is 1.35 bits per heavy atom. The lowest BCUT2D eigenvalue weighted by Gasteiger charge is -2.20. The summed E-state index contributed by atoms with van der Waals surface area (Å²) in [5, 5.41) is 0. The highest BCUT2D eigenvalue weighted by atomic mass is 16.5. The van der Waals surface area contributed by atoms with Crippen molar-refractivity contribution in [1.29, 1.82) is 0 Å². The fraction of sp³-hybridized carbons (Fsp3) is 0.533. The zero-order valence-electron chi connectivity index (χ0n) is 10.9. The van der Waals surface area contributed by atoms with Gasteiger partial charge < -0.3 is 4.74 Å². The van der Waals surface area contributed by atoms with Crippen molar-refractivity contribution in [1.82, 2.24) is 0 Å². The van der Waals surface area contributed by atoms with Crippen LogP contribution in [0.1, 0.15) is 37.0 Å². The number of carbonyl (C=O) groups is 1. The number of rotatable bonds is 3. The van der Waals surface area contributed by atoms with Gasteiger partial charge in [-0.2, -0.15) is 0 Å². The zero-order chi connectivity index (χ0) is 12.5. The van der Waals surface area contributed by atoms with Crippen LogP contribution in [-0.2, 0) is 28.8 Å². The van der Waals surface area contributed by atoms with Gasteiger partial charge in [-0.3, -0.25) is 4.79 Å². The van der Waals surface area contributed by atoms with Gasteiger partial charge in [0.1, 0.15) is 0 Å². The molecule has 0 radical (unpaired) electrons. The summed E-state index contributed by atoms with van der Waals surface area (Å²) in [5.41, 5.74) is 4.33. The first-order valence-electron chi connectivity index (χ1n) is 6.24. The second kappa shape index (κ2) is 4.52. The Morgan fingerprint density at radius 3 is 2.71 bits per heavy atom. The average molecular weight is 232 g/mol. The van der Waals surface area contributed by atoms with Gasteiger partial charge in [0.05, 0.1) is 13.5 Å². The number of methoxy groups -OCH3 is 1. The monoisotopic (exact) mass is 232 g/mol. The maximum Gasteiger partial charge on any atom is 0.309 e. The lowest BCUT2D eigenvalue weighted by atomic mass is 9.85. The topological polar surface area (TPSA) is 26.3 Å².